The van der Waals surface area contributed by atoms with Crippen molar-refractivity contribution in [1.82, 2.24) is 4.98 Å². The SMILES string of the molecule is COC(=O)C1(c2cnc(-c3ccccc3)s2)CCOCC1. The third-order valence-electron chi connectivity index (χ3n) is 3.92. The maximum Gasteiger partial charge on any atom is 0.317 e. The van der Waals surface area contributed by atoms with E-state index < -0.39 is 5.41 Å². The normalized spacial score (nSPS) is 17.4. The standard InChI is InChI=1S/C16H17NO3S/c1-19-15(18)16(7-9-20-10-8-16)13-11-17-14(21-13)12-5-3-2-4-6-12/h2-6,11H,7-10H2,1H3. The van der Waals surface area contributed by atoms with Crippen molar-refractivity contribution >= 4 is 17.3 Å². The summed E-state index contributed by atoms with van der Waals surface area (Å²) in [7, 11) is 1.44. The van der Waals surface area contributed by atoms with Gasteiger partial charge < -0.3 is 9.47 Å². The van der Waals surface area contributed by atoms with Crippen LogP contribution in [0.5, 0.6) is 0 Å². The molecule has 1 saturated heterocycles. The number of rotatable bonds is 3. The van der Waals surface area contributed by atoms with Crippen LogP contribution in [0.2, 0.25) is 0 Å². The molecular weight excluding hydrogens is 286 g/mol. The second-order valence-electron chi connectivity index (χ2n) is 5.08. The average molecular weight is 303 g/mol. The van der Waals surface area contributed by atoms with Gasteiger partial charge in [0.25, 0.3) is 0 Å². The lowest BCUT2D eigenvalue weighted by molar-refractivity contribution is -0.151. The van der Waals surface area contributed by atoms with Gasteiger partial charge in [-0.2, -0.15) is 0 Å². The molecule has 1 aliphatic rings. The molecule has 0 radical (unpaired) electrons. The third-order valence-corrected chi connectivity index (χ3v) is 5.17. The van der Waals surface area contributed by atoms with E-state index in [1.54, 1.807) is 11.3 Å². The Kier molecular flexibility index (Phi) is 4.03. The van der Waals surface area contributed by atoms with E-state index in [0.717, 1.165) is 15.4 Å². The molecule has 0 spiro atoms. The molecule has 0 saturated carbocycles. The van der Waals surface area contributed by atoms with E-state index in [2.05, 4.69) is 4.98 Å². The summed E-state index contributed by atoms with van der Waals surface area (Å²) in [6.45, 7) is 1.15. The first-order valence-corrected chi connectivity index (χ1v) is 7.76. The largest absolute Gasteiger partial charge is 0.468 e. The number of esters is 1. The Morgan fingerprint density at radius 3 is 2.67 bits per heavy atom. The number of nitrogens with zero attached hydrogens (tertiary/aromatic N) is 1. The summed E-state index contributed by atoms with van der Waals surface area (Å²) in [6, 6.07) is 10.0. The van der Waals surface area contributed by atoms with Crippen LogP contribution in [0.25, 0.3) is 10.6 Å². The molecule has 1 fully saturated rings. The van der Waals surface area contributed by atoms with Crippen LogP contribution in [-0.4, -0.2) is 31.3 Å². The topological polar surface area (TPSA) is 48.4 Å². The van der Waals surface area contributed by atoms with Crippen LogP contribution in [-0.2, 0) is 19.7 Å². The predicted molar refractivity (Wildman–Crippen MR) is 81.3 cm³/mol. The van der Waals surface area contributed by atoms with Crippen LogP contribution in [0, 0.1) is 0 Å². The number of methoxy groups -OCH3 is 1. The first kappa shape index (κ1) is 14.2. The van der Waals surface area contributed by atoms with Crippen LogP contribution in [0.15, 0.2) is 36.5 Å². The van der Waals surface area contributed by atoms with Crippen molar-refractivity contribution in [2.24, 2.45) is 0 Å². The quantitative estimate of drug-likeness (QED) is 0.818. The fraction of sp³-hybridized carbons (Fsp3) is 0.375. The zero-order valence-corrected chi connectivity index (χ0v) is 12.7. The summed E-state index contributed by atoms with van der Waals surface area (Å²) >= 11 is 1.57. The lowest BCUT2D eigenvalue weighted by atomic mass is 9.79. The van der Waals surface area contributed by atoms with Crippen LogP contribution in [0.4, 0.5) is 0 Å². The second-order valence-corrected chi connectivity index (χ2v) is 6.11. The molecule has 5 heteroatoms. The van der Waals surface area contributed by atoms with Gasteiger partial charge in [-0.15, -0.1) is 11.3 Å². The number of ether oxygens (including phenoxy) is 2. The van der Waals surface area contributed by atoms with Crippen molar-refractivity contribution in [2.45, 2.75) is 18.3 Å². The molecular formula is C16H17NO3S. The first-order chi connectivity index (χ1) is 10.3. The van der Waals surface area contributed by atoms with Gasteiger partial charge >= 0.3 is 5.97 Å². The minimum absolute atomic E-state index is 0.186. The zero-order valence-electron chi connectivity index (χ0n) is 11.9. The molecule has 4 nitrogen and oxygen atoms in total. The van der Waals surface area contributed by atoms with Gasteiger partial charge in [0.2, 0.25) is 0 Å². The fourth-order valence-corrected chi connectivity index (χ4v) is 3.83. The number of carbonyl (C=O) groups excluding carboxylic acids is 1. The number of hydrogen-bond acceptors (Lipinski definition) is 5. The fourth-order valence-electron chi connectivity index (χ4n) is 2.68. The Labute approximate surface area is 127 Å². The highest BCUT2D eigenvalue weighted by molar-refractivity contribution is 7.15. The summed E-state index contributed by atoms with van der Waals surface area (Å²) in [5.41, 5.74) is 0.471. The van der Waals surface area contributed by atoms with E-state index in [9.17, 15) is 4.79 Å². The number of hydrogen-bond donors (Lipinski definition) is 0. The van der Waals surface area contributed by atoms with Gasteiger partial charge in [0.15, 0.2) is 0 Å². The van der Waals surface area contributed by atoms with Crippen LogP contribution in [0.1, 0.15) is 17.7 Å². The maximum atomic E-state index is 12.3. The second kappa shape index (κ2) is 5.95. The van der Waals surface area contributed by atoms with Gasteiger partial charge in [0, 0.05) is 29.9 Å². The van der Waals surface area contributed by atoms with Crippen molar-refractivity contribution < 1.29 is 14.3 Å². The average Bonchev–Trinajstić information content (AvgIpc) is 3.06. The highest BCUT2D eigenvalue weighted by Crippen LogP contribution is 2.40. The lowest BCUT2D eigenvalue weighted by Gasteiger charge is -2.33. The van der Waals surface area contributed by atoms with Gasteiger partial charge in [-0.25, -0.2) is 4.98 Å². The number of aromatic nitrogens is 1. The Hall–Kier alpha value is -1.72. The molecule has 0 bridgehead atoms. The summed E-state index contributed by atoms with van der Waals surface area (Å²) in [5.74, 6) is -0.186. The molecule has 1 aliphatic heterocycles. The lowest BCUT2D eigenvalue weighted by Crippen LogP contribution is -2.41. The maximum absolute atomic E-state index is 12.3. The molecule has 3 rings (SSSR count). The molecule has 0 atom stereocenters. The van der Waals surface area contributed by atoms with Crippen LogP contribution in [0.3, 0.4) is 0 Å². The van der Waals surface area contributed by atoms with E-state index in [1.165, 1.54) is 7.11 Å². The molecule has 0 N–H and O–H groups in total. The summed E-state index contributed by atoms with van der Waals surface area (Å²) in [5, 5.41) is 0.931. The number of carbonyl (C=O) groups is 1. The molecule has 21 heavy (non-hydrogen) atoms. The summed E-state index contributed by atoms with van der Waals surface area (Å²) < 4.78 is 10.5. The molecule has 0 amide bonds. The Balaban J connectivity index is 1.98. The third kappa shape index (κ3) is 2.59. The van der Waals surface area contributed by atoms with Gasteiger partial charge in [0.1, 0.15) is 10.4 Å². The summed E-state index contributed by atoms with van der Waals surface area (Å²) in [6.07, 6.45) is 3.11. The Bertz CT molecular complexity index is 617. The highest BCUT2D eigenvalue weighted by Gasteiger charge is 2.44. The van der Waals surface area contributed by atoms with Crippen LogP contribution >= 0.6 is 11.3 Å². The predicted octanol–water partition coefficient (Wildman–Crippen LogP) is 3.03. The van der Waals surface area contributed by atoms with Crippen molar-refractivity contribution in [3.05, 3.63) is 41.4 Å². The van der Waals surface area contributed by atoms with E-state index in [0.29, 0.717) is 26.1 Å². The molecule has 110 valence electrons. The van der Waals surface area contributed by atoms with Crippen molar-refractivity contribution in [3.63, 3.8) is 0 Å². The van der Waals surface area contributed by atoms with Gasteiger partial charge in [-0.05, 0) is 12.8 Å². The zero-order chi connectivity index (χ0) is 14.7. The van der Waals surface area contributed by atoms with E-state index in [-0.39, 0.29) is 5.97 Å². The number of thiazole rings is 1. The molecule has 0 aliphatic carbocycles. The number of benzene rings is 1. The van der Waals surface area contributed by atoms with Crippen LogP contribution < -0.4 is 0 Å². The van der Waals surface area contributed by atoms with Gasteiger partial charge in [-0.1, -0.05) is 30.3 Å². The van der Waals surface area contributed by atoms with E-state index in [1.807, 2.05) is 36.5 Å². The summed E-state index contributed by atoms with van der Waals surface area (Å²) in [4.78, 5) is 17.8. The Morgan fingerprint density at radius 2 is 2.00 bits per heavy atom. The molecule has 1 aromatic heterocycles. The van der Waals surface area contributed by atoms with Gasteiger partial charge in [-0.3, -0.25) is 4.79 Å². The van der Waals surface area contributed by atoms with Crippen molar-refractivity contribution in [3.8, 4) is 10.6 Å². The Morgan fingerprint density at radius 1 is 1.29 bits per heavy atom. The monoisotopic (exact) mass is 303 g/mol. The molecule has 2 aromatic rings. The first-order valence-electron chi connectivity index (χ1n) is 6.94. The van der Waals surface area contributed by atoms with Crippen molar-refractivity contribution in [1.29, 1.82) is 0 Å². The van der Waals surface area contributed by atoms with Crippen molar-refractivity contribution in [2.75, 3.05) is 20.3 Å². The highest BCUT2D eigenvalue weighted by atomic mass is 32.1. The van der Waals surface area contributed by atoms with Gasteiger partial charge in [0.05, 0.1) is 7.11 Å². The smallest absolute Gasteiger partial charge is 0.317 e. The van der Waals surface area contributed by atoms with E-state index in [4.69, 9.17) is 9.47 Å². The molecule has 2 heterocycles. The minimum atomic E-state index is -0.600. The minimum Gasteiger partial charge on any atom is -0.468 e. The molecule has 1 aromatic carbocycles. The molecule has 0 unspecified atom stereocenters. The van der Waals surface area contributed by atoms with E-state index >= 15 is 0 Å².